The Hall–Kier alpha value is -0.350. The molecule has 1 aromatic carbocycles. The zero-order chi connectivity index (χ0) is 8.97. The summed E-state index contributed by atoms with van der Waals surface area (Å²) < 4.78 is 0. The van der Waals surface area contributed by atoms with E-state index < -0.39 is 0 Å². The van der Waals surface area contributed by atoms with E-state index in [1.165, 1.54) is 0 Å². The Bertz CT molecular complexity index is 274. The largest absolute Gasteiger partial charge is 1.00 e. The summed E-state index contributed by atoms with van der Waals surface area (Å²) in [5, 5.41) is 4.26. The van der Waals surface area contributed by atoms with Crippen LogP contribution in [-0.2, 0) is 6.54 Å². The van der Waals surface area contributed by atoms with Gasteiger partial charge in [-0.2, -0.15) is 0 Å². The molecule has 1 rings (SSSR count). The van der Waals surface area contributed by atoms with Crippen LogP contribution in [0.25, 0.3) is 0 Å². The van der Waals surface area contributed by atoms with Gasteiger partial charge in [0.05, 0.1) is 0 Å². The number of hydrogen-bond acceptors (Lipinski definition) is 1. The Kier molecular flexibility index (Phi) is 5.99. The molecule has 0 aromatic heterocycles. The minimum Gasteiger partial charge on any atom is -1.00 e. The van der Waals surface area contributed by atoms with Crippen LogP contribution in [0, 0.1) is 0 Å². The second-order valence-corrected chi connectivity index (χ2v) is 3.33. The highest BCUT2D eigenvalue weighted by atomic mass is 35.5. The summed E-state index contributed by atoms with van der Waals surface area (Å²) in [5.41, 5.74) is 4.71. The summed E-state index contributed by atoms with van der Waals surface area (Å²) in [6, 6.07) is 7.61. The van der Waals surface area contributed by atoms with Crippen molar-refractivity contribution in [2.75, 3.05) is 0 Å². The van der Waals surface area contributed by atoms with E-state index in [0.29, 0.717) is 11.7 Å². The van der Waals surface area contributed by atoms with Crippen LogP contribution >= 0.6 is 23.8 Å². The van der Waals surface area contributed by atoms with Crippen molar-refractivity contribution in [1.82, 2.24) is 5.32 Å². The molecule has 0 aliphatic rings. The van der Waals surface area contributed by atoms with Gasteiger partial charge in [0.25, 0.3) is 5.11 Å². The third-order valence-corrected chi connectivity index (χ3v) is 1.80. The quantitative estimate of drug-likeness (QED) is 0.582. The third kappa shape index (κ3) is 5.05. The Morgan fingerprint density at radius 1 is 1.38 bits per heavy atom. The van der Waals surface area contributed by atoms with E-state index in [9.17, 15) is 0 Å². The van der Waals surface area contributed by atoms with Crippen LogP contribution in [0.5, 0.6) is 0 Å². The zero-order valence-corrected chi connectivity index (χ0v) is 9.22. The fraction of sp³-hybridized carbons (Fsp3) is 0.125. The zero-order valence-electron chi connectivity index (χ0n) is 6.89. The van der Waals surface area contributed by atoms with Gasteiger partial charge in [-0.1, -0.05) is 23.7 Å². The predicted molar refractivity (Wildman–Crippen MR) is 53.8 cm³/mol. The Balaban J connectivity index is 0.00000144. The number of thiocarbonyl (C=S) groups is 1. The van der Waals surface area contributed by atoms with E-state index in [2.05, 4.69) is 11.1 Å². The van der Waals surface area contributed by atoms with Gasteiger partial charge in [0, 0.05) is 23.8 Å². The standard InChI is InChI=1S/C8H9ClN2S.ClH/c9-7-3-1-6(2-4-7)5-11-8(10)12;/h1-4H,5H2,(H3,10,11,12);1H. The normalized spacial score (nSPS) is 8.77. The van der Waals surface area contributed by atoms with E-state index >= 15 is 0 Å². The fourth-order valence-corrected chi connectivity index (χ4v) is 1.00. The number of rotatable bonds is 2. The molecule has 13 heavy (non-hydrogen) atoms. The fourth-order valence-electron chi connectivity index (χ4n) is 0.803. The van der Waals surface area contributed by atoms with Gasteiger partial charge in [-0.05, 0) is 17.7 Å². The lowest BCUT2D eigenvalue weighted by molar-refractivity contribution is -0.215. The molecule has 0 heterocycles. The minimum absolute atomic E-state index is 0. The first kappa shape index (κ1) is 12.7. The molecule has 0 fully saturated rings. The molecule has 0 aliphatic heterocycles. The minimum atomic E-state index is 0. The van der Waals surface area contributed by atoms with E-state index in [1.807, 2.05) is 24.3 Å². The number of quaternary nitrogens is 1. The van der Waals surface area contributed by atoms with Crippen molar-refractivity contribution in [3.05, 3.63) is 34.9 Å². The molecule has 4 N–H and O–H groups in total. The number of nitrogens with one attached hydrogen (secondary N) is 1. The van der Waals surface area contributed by atoms with Gasteiger partial charge in [-0.15, -0.1) is 0 Å². The summed E-state index contributed by atoms with van der Waals surface area (Å²) in [4.78, 5) is 0. The van der Waals surface area contributed by atoms with Crippen molar-refractivity contribution in [1.29, 1.82) is 0 Å². The Labute approximate surface area is 93.9 Å². The van der Waals surface area contributed by atoms with Crippen molar-refractivity contribution in [3.63, 3.8) is 0 Å². The van der Waals surface area contributed by atoms with Crippen molar-refractivity contribution in [3.8, 4) is 0 Å². The lowest BCUT2D eigenvalue weighted by atomic mass is 10.2. The third-order valence-electron chi connectivity index (χ3n) is 1.40. The molecular weight excluding hydrogens is 227 g/mol. The van der Waals surface area contributed by atoms with Crippen LogP contribution in [-0.4, -0.2) is 5.11 Å². The molecule has 0 amide bonds. The Morgan fingerprint density at radius 3 is 2.38 bits per heavy atom. The molecule has 0 spiro atoms. The van der Waals surface area contributed by atoms with Crippen molar-refractivity contribution < 1.29 is 18.1 Å². The molecule has 0 saturated carbocycles. The highest BCUT2D eigenvalue weighted by Crippen LogP contribution is 2.08. The van der Waals surface area contributed by atoms with Crippen LogP contribution in [0.15, 0.2) is 24.3 Å². The SMILES string of the molecule is [Cl-].[NH3+]C(=S)NCc1ccc(Cl)cc1. The average Bonchev–Trinajstić information content (AvgIpc) is 2.03. The molecule has 0 radical (unpaired) electrons. The smallest absolute Gasteiger partial charge is 0.265 e. The lowest BCUT2D eigenvalue weighted by Gasteiger charge is -2.00. The maximum absolute atomic E-state index is 5.72. The van der Waals surface area contributed by atoms with E-state index in [1.54, 1.807) is 0 Å². The van der Waals surface area contributed by atoms with Gasteiger partial charge in [-0.3, -0.25) is 0 Å². The molecule has 0 bridgehead atoms. The molecule has 72 valence electrons. The number of benzene rings is 1. The number of halogens is 2. The van der Waals surface area contributed by atoms with E-state index in [-0.39, 0.29) is 12.4 Å². The van der Waals surface area contributed by atoms with Crippen LogP contribution in [0.1, 0.15) is 5.56 Å². The molecule has 5 heteroatoms. The molecule has 0 saturated heterocycles. The van der Waals surface area contributed by atoms with Crippen LogP contribution in [0.3, 0.4) is 0 Å². The average molecular weight is 237 g/mol. The van der Waals surface area contributed by atoms with Gasteiger partial charge in [0.2, 0.25) is 0 Å². The van der Waals surface area contributed by atoms with Crippen LogP contribution in [0.2, 0.25) is 5.02 Å². The van der Waals surface area contributed by atoms with E-state index in [0.717, 1.165) is 10.6 Å². The highest BCUT2D eigenvalue weighted by Gasteiger charge is 1.93. The molecule has 2 nitrogen and oxygen atoms in total. The Morgan fingerprint density at radius 2 is 1.92 bits per heavy atom. The van der Waals surface area contributed by atoms with E-state index in [4.69, 9.17) is 23.8 Å². The van der Waals surface area contributed by atoms with Gasteiger partial charge in [-0.25, -0.2) is 0 Å². The molecule has 0 unspecified atom stereocenters. The van der Waals surface area contributed by atoms with Gasteiger partial charge in [0.1, 0.15) is 0 Å². The second kappa shape index (κ2) is 6.16. The van der Waals surface area contributed by atoms with Crippen LogP contribution < -0.4 is 23.5 Å². The predicted octanol–water partition coefficient (Wildman–Crippen LogP) is -2.04. The van der Waals surface area contributed by atoms with Crippen molar-refractivity contribution >= 4 is 28.9 Å². The summed E-state index contributed by atoms with van der Waals surface area (Å²) in [7, 11) is 0. The first-order valence-corrected chi connectivity index (χ1v) is 4.31. The molecule has 1 aromatic rings. The molecule has 0 atom stereocenters. The maximum atomic E-state index is 5.72. The van der Waals surface area contributed by atoms with Gasteiger partial charge in [0.15, 0.2) is 0 Å². The summed E-state index contributed by atoms with van der Waals surface area (Å²) >= 11 is 10.5. The summed E-state index contributed by atoms with van der Waals surface area (Å²) in [5.74, 6) is 0. The van der Waals surface area contributed by atoms with Crippen molar-refractivity contribution in [2.45, 2.75) is 6.54 Å². The maximum Gasteiger partial charge on any atom is 0.265 e. The van der Waals surface area contributed by atoms with Gasteiger partial charge >= 0.3 is 0 Å². The summed E-state index contributed by atoms with van der Waals surface area (Å²) in [6.45, 7) is 0.708. The molecule has 0 aliphatic carbocycles. The lowest BCUT2D eigenvalue weighted by Crippen LogP contribution is -3.00. The topological polar surface area (TPSA) is 39.7 Å². The van der Waals surface area contributed by atoms with Crippen molar-refractivity contribution in [2.24, 2.45) is 0 Å². The van der Waals surface area contributed by atoms with Gasteiger partial charge < -0.3 is 23.5 Å². The molecular formula is C8H10Cl2N2S. The first-order chi connectivity index (χ1) is 5.68. The monoisotopic (exact) mass is 236 g/mol. The van der Waals surface area contributed by atoms with Crippen LogP contribution in [0.4, 0.5) is 0 Å². The number of hydrogen-bond donors (Lipinski definition) is 2. The summed E-state index contributed by atoms with van der Waals surface area (Å²) in [6.07, 6.45) is 0. The highest BCUT2D eigenvalue weighted by molar-refractivity contribution is 7.79. The first-order valence-electron chi connectivity index (χ1n) is 3.53. The second-order valence-electron chi connectivity index (χ2n) is 2.40.